The van der Waals surface area contributed by atoms with Gasteiger partial charge in [0.15, 0.2) is 0 Å². The molecule has 1 atom stereocenters. The van der Waals surface area contributed by atoms with Crippen LogP contribution in [0.4, 0.5) is 13.2 Å². The van der Waals surface area contributed by atoms with E-state index in [0.29, 0.717) is 11.3 Å². The Morgan fingerprint density at radius 1 is 0.806 bits per heavy atom. The SMILES string of the molecule is COC(=O)C(C)(C)C([C]=[C]C(F)(F)F)c1ccc(OC)cc1.[C-]#[O+].[C-]#[O+].[C-]#[O+].[C-]#[O+].[C-]#[O+].[C-]#[O+].[Co].[Co]. The molecule has 0 spiro atoms. The number of methoxy groups -OCH3 is 2. The Hall–Kier alpha value is -2.53. The normalized spacial score (nSPS) is 8.86. The zero-order valence-electron chi connectivity index (χ0n) is 18.9. The first-order valence-electron chi connectivity index (χ1n) is 7.66. The molecule has 0 saturated heterocycles. The monoisotopic (exact) mass is 600 g/mol. The van der Waals surface area contributed by atoms with Crippen LogP contribution in [0, 0.1) is 57.5 Å². The van der Waals surface area contributed by atoms with Crippen molar-refractivity contribution >= 4 is 5.97 Å². The van der Waals surface area contributed by atoms with Gasteiger partial charge in [-0.2, -0.15) is 13.2 Å². The van der Waals surface area contributed by atoms with Crippen LogP contribution in [-0.2, 0) is 71.0 Å². The molecule has 36 heavy (non-hydrogen) atoms. The largest absolute Gasteiger partial charge is 0 e. The molecule has 1 aromatic carbocycles. The summed E-state index contributed by atoms with van der Waals surface area (Å²) in [6, 6.07) is 6.37. The van der Waals surface area contributed by atoms with E-state index in [1.165, 1.54) is 34.1 Å². The number of esters is 1. The molecule has 0 aliphatic rings. The molecule has 0 heterocycles. The molecule has 0 amide bonds. The Kier molecular flexibility index (Phi) is 56.0. The van der Waals surface area contributed by atoms with Gasteiger partial charge in [0.25, 0.3) is 0 Å². The number of benzene rings is 1. The van der Waals surface area contributed by atoms with Crippen molar-refractivity contribution in [1.82, 2.24) is 0 Å². The number of rotatable bonds is 5. The van der Waals surface area contributed by atoms with Gasteiger partial charge in [0.1, 0.15) is 5.75 Å². The molecule has 14 heteroatoms. The number of carbonyl (C=O) groups is 1. The fourth-order valence-electron chi connectivity index (χ4n) is 2.01. The molecular formula is C22H17Co2F3O9. The molecular weight excluding hydrogens is 583 g/mol. The van der Waals surface area contributed by atoms with Crippen molar-refractivity contribution < 1.29 is 88.9 Å². The molecule has 0 bridgehead atoms. The Morgan fingerprint density at radius 3 is 1.39 bits per heavy atom. The van der Waals surface area contributed by atoms with Crippen LogP contribution in [0.25, 0.3) is 0 Å². The maximum Gasteiger partial charge on any atom is 0 e. The first kappa shape index (κ1) is 54.4. The third-order valence-electron chi connectivity index (χ3n) is 3.24. The van der Waals surface area contributed by atoms with Gasteiger partial charge in [-0.1, -0.05) is 12.1 Å². The predicted octanol–water partition coefficient (Wildman–Crippen LogP) is 3.47. The average Bonchev–Trinajstić information content (AvgIpc) is 2.90. The molecule has 0 saturated carbocycles. The topological polar surface area (TPSA) is 155 Å². The van der Waals surface area contributed by atoms with Crippen LogP contribution in [-0.4, -0.2) is 26.4 Å². The van der Waals surface area contributed by atoms with Gasteiger partial charge in [-0.05, 0) is 37.6 Å². The van der Waals surface area contributed by atoms with Gasteiger partial charge in [0.05, 0.1) is 25.7 Å². The number of allylic oxidation sites excluding steroid dienone is 2. The molecule has 0 N–H and O–H groups in total. The fourth-order valence-corrected chi connectivity index (χ4v) is 2.01. The maximum atomic E-state index is 12.4. The van der Waals surface area contributed by atoms with Crippen molar-refractivity contribution in [2.75, 3.05) is 14.2 Å². The smallest absolute Gasteiger partial charge is 0 e. The molecule has 0 aliphatic carbocycles. The molecule has 1 unspecified atom stereocenters. The summed E-state index contributed by atoms with van der Waals surface area (Å²) in [4.78, 5) is 11.9. The number of alkyl halides is 3. The van der Waals surface area contributed by atoms with Crippen molar-refractivity contribution in [2.45, 2.75) is 25.9 Å². The minimum atomic E-state index is -4.63. The summed E-state index contributed by atoms with van der Waals surface area (Å²) >= 11 is 0. The van der Waals surface area contributed by atoms with Gasteiger partial charge in [-0.3, -0.25) is 4.79 Å². The van der Waals surface area contributed by atoms with E-state index in [0.717, 1.165) is 0 Å². The second kappa shape index (κ2) is 37.0. The number of carbonyl (C=O) groups excluding carboxylic acids is 1. The summed E-state index contributed by atoms with van der Waals surface area (Å²) in [5, 5.41) is 0. The van der Waals surface area contributed by atoms with Gasteiger partial charge >= 0.3 is 80.0 Å². The van der Waals surface area contributed by atoms with Crippen LogP contribution >= 0.6 is 0 Å². The van der Waals surface area contributed by atoms with E-state index in [2.05, 4.69) is 50.7 Å². The third-order valence-corrected chi connectivity index (χ3v) is 3.24. The van der Waals surface area contributed by atoms with Crippen LogP contribution < -0.4 is 4.74 Å². The number of hydrogen-bond donors (Lipinski definition) is 0. The minimum Gasteiger partial charge on any atom is 0 e. The summed E-state index contributed by atoms with van der Waals surface area (Å²) in [5.74, 6) is -1.04. The third kappa shape index (κ3) is 26.1. The predicted molar refractivity (Wildman–Crippen MR) is 97.7 cm³/mol. The van der Waals surface area contributed by atoms with E-state index in [4.69, 9.17) is 32.6 Å². The summed E-state index contributed by atoms with van der Waals surface area (Å²) in [6.45, 7) is 30.0. The van der Waals surface area contributed by atoms with Crippen molar-refractivity contribution in [3.05, 3.63) is 81.9 Å². The molecule has 1 rings (SSSR count). The first-order valence-corrected chi connectivity index (χ1v) is 7.66. The zero-order valence-corrected chi connectivity index (χ0v) is 20.9. The first-order chi connectivity index (χ1) is 16.1. The van der Waals surface area contributed by atoms with E-state index < -0.39 is 23.5 Å². The summed E-state index contributed by atoms with van der Waals surface area (Å²) < 4.78 is 91.9. The zero-order chi connectivity index (χ0) is 29.0. The number of halogens is 3. The van der Waals surface area contributed by atoms with Crippen LogP contribution in [0.1, 0.15) is 25.3 Å². The summed E-state index contributed by atoms with van der Waals surface area (Å²) in [6.07, 6.45) is -1.23. The molecule has 0 aliphatic heterocycles. The van der Waals surface area contributed by atoms with Gasteiger partial charge in [-0.25, -0.2) is 0 Å². The minimum absolute atomic E-state index is 0. The molecule has 9 nitrogen and oxygen atoms in total. The van der Waals surface area contributed by atoms with Crippen molar-refractivity contribution in [3.63, 3.8) is 0 Å². The number of hydrogen-bond acceptors (Lipinski definition) is 3. The van der Waals surface area contributed by atoms with Gasteiger partial charge in [0, 0.05) is 39.5 Å². The second-order valence-corrected chi connectivity index (χ2v) is 5.19. The molecule has 0 fully saturated rings. The molecule has 4 radical (unpaired) electrons. The van der Waals surface area contributed by atoms with Crippen molar-refractivity contribution in [2.24, 2.45) is 5.41 Å². The number of ether oxygens (including phenoxy) is 2. The Balaban J connectivity index is -0.0000000816. The molecule has 1 aromatic rings. The van der Waals surface area contributed by atoms with E-state index in [1.807, 2.05) is 0 Å². The second-order valence-electron chi connectivity index (χ2n) is 5.19. The van der Waals surface area contributed by atoms with Crippen molar-refractivity contribution in [1.29, 1.82) is 0 Å². The summed E-state index contributed by atoms with van der Waals surface area (Å²) in [7, 11) is 2.67. The van der Waals surface area contributed by atoms with Gasteiger partial charge < -0.3 is 9.47 Å². The summed E-state index contributed by atoms with van der Waals surface area (Å²) in [5.41, 5.74) is -0.755. The molecule has 0 aromatic heterocycles. The van der Waals surface area contributed by atoms with Crippen LogP contribution in [0.5, 0.6) is 5.75 Å². The quantitative estimate of drug-likeness (QED) is 0.289. The standard InChI is InChI=1S/C16H17F3O3.6CO.2Co/c1-15(2,14(20)22-4)13(9-10-16(17,18)19)11-5-7-12(21-3)8-6-11;6*1-2;;/h5-8,13H,1-4H3;;;;;;;;. The van der Waals surface area contributed by atoms with Gasteiger partial charge in [0.2, 0.25) is 0 Å². The maximum absolute atomic E-state index is 12.4. The van der Waals surface area contributed by atoms with E-state index in [9.17, 15) is 18.0 Å². The Morgan fingerprint density at radius 2 is 1.14 bits per heavy atom. The average molecular weight is 600 g/mol. The van der Waals surface area contributed by atoms with E-state index in [1.54, 1.807) is 24.3 Å². The van der Waals surface area contributed by atoms with Crippen LogP contribution in [0.2, 0.25) is 0 Å². The van der Waals surface area contributed by atoms with E-state index >= 15 is 0 Å². The molecule has 198 valence electrons. The van der Waals surface area contributed by atoms with Crippen LogP contribution in [0.15, 0.2) is 24.3 Å². The van der Waals surface area contributed by atoms with E-state index in [-0.39, 0.29) is 33.6 Å². The van der Waals surface area contributed by atoms with Crippen molar-refractivity contribution in [3.8, 4) is 5.75 Å². The Bertz CT molecular complexity index is 747. The fraction of sp³-hybridized carbons (Fsp3) is 0.318. The Labute approximate surface area is 227 Å². The van der Waals surface area contributed by atoms with Gasteiger partial charge in [-0.15, -0.1) is 0 Å². The van der Waals surface area contributed by atoms with Crippen LogP contribution in [0.3, 0.4) is 0 Å².